The Morgan fingerprint density at radius 1 is 0.435 bits per heavy atom. The van der Waals surface area contributed by atoms with Gasteiger partial charge in [-0.2, -0.15) is 0 Å². The predicted molar refractivity (Wildman–Crippen MR) is 257 cm³/mol. The Kier molecular flexibility index (Phi) is 9.52. The van der Waals surface area contributed by atoms with Crippen LogP contribution in [0.5, 0.6) is 0 Å². The van der Waals surface area contributed by atoms with E-state index in [1.165, 1.54) is 11.1 Å². The van der Waals surface area contributed by atoms with Crippen LogP contribution in [-0.2, 0) is 0 Å². The van der Waals surface area contributed by atoms with E-state index < -0.39 is 6.17 Å². The third-order valence-electron chi connectivity index (χ3n) is 11.6. The van der Waals surface area contributed by atoms with Crippen molar-refractivity contribution in [3.05, 3.63) is 247 Å². The SMILES string of the molecule is c1ccc(C2=NC(c3ccc(N(c4ccc(-c5ccccc5)cc4)c4ccc(-c5ccccc5)cc4)c4c3oc3ccccc34)=NC(c3cccc(-c4ccccc4)c3)N2)cc1. The van der Waals surface area contributed by atoms with Crippen LogP contribution in [0.2, 0.25) is 0 Å². The van der Waals surface area contributed by atoms with Gasteiger partial charge in [0, 0.05) is 22.3 Å². The molecule has 0 fully saturated rings. The Bertz CT molecular complexity index is 3150. The van der Waals surface area contributed by atoms with E-state index in [0.717, 1.165) is 83.8 Å². The molecule has 1 aliphatic heterocycles. The molecule has 0 spiro atoms. The molecule has 1 aliphatic rings. The number of benzene rings is 9. The van der Waals surface area contributed by atoms with Crippen LogP contribution in [0.15, 0.2) is 245 Å². The Balaban J connectivity index is 1.09. The predicted octanol–water partition coefficient (Wildman–Crippen LogP) is 14.6. The maximum atomic E-state index is 6.91. The fourth-order valence-electron chi connectivity index (χ4n) is 8.47. The number of rotatable bonds is 9. The summed E-state index contributed by atoms with van der Waals surface area (Å²) in [5.74, 6) is 1.34. The van der Waals surface area contributed by atoms with E-state index >= 15 is 0 Å². The Labute approximate surface area is 360 Å². The van der Waals surface area contributed by atoms with Crippen molar-refractivity contribution >= 4 is 50.7 Å². The fraction of sp³-hybridized carbons (Fsp3) is 0.0175. The number of nitrogens with one attached hydrogen (secondary N) is 1. The van der Waals surface area contributed by atoms with Crippen LogP contribution in [0.25, 0.3) is 55.3 Å². The van der Waals surface area contributed by atoms with Crippen LogP contribution in [-0.4, -0.2) is 11.7 Å². The third-order valence-corrected chi connectivity index (χ3v) is 11.6. The summed E-state index contributed by atoms with van der Waals surface area (Å²) < 4.78 is 6.91. The van der Waals surface area contributed by atoms with Gasteiger partial charge in [-0.3, -0.25) is 0 Å². The van der Waals surface area contributed by atoms with E-state index in [1.807, 2.05) is 36.4 Å². The molecule has 0 saturated heterocycles. The maximum Gasteiger partial charge on any atom is 0.163 e. The molecule has 1 unspecified atom stereocenters. The van der Waals surface area contributed by atoms with Gasteiger partial charge in [0.05, 0.1) is 16.6 Å². The van der Waals surface area contributed by atoms with Crippen molar-refractivity contribution in [1.29, 1.82) is 0 Å². The first kappa shape index (κ1) is 36.8. The zero-order valence-electron chi connectivity index (χ0n) is 33.8. The fourth-order valence-corrected chi connectivity index (χ4v) is 8.47. The van der Waals surface area contributed by atoms with Gasteiger partial charge in [0.2, 0.25) is 0 Å². The average molecular weight is 797 g/mol. The zero-order valence-corrected chi connectivity index (χ0v) is 33.8. The number of amidine groups is 2. The molecule has 0 aliphatic carbocycles. The first-order valence-electron chi connectivity index (χ1n) is 20.9. The first-order valence-corrected chi connectivity index (χ1v) is 20.9. The zero-order chi connectivity index (χ0) is 41.2. The normalized spacial score (nSPS) is 13.6. The molecule has 9 aromatic carbocycles. The largest absolute Gasteiger partial charge is 0.455 e. The number of hydrogen-bond donors (Lipinski definition) is 1. The van der Waals surface area contributed by atoms with Crippen LogP contribution in [0.3, 0.4) is 0 Å². The summed E-state index contributed by atoms with van der Waals surface area (Å²) in [6, 6.07) is 80.5. The second-order valence-electron chi connectivity index (χ2n) is 15.4. The minimum absolute atomic E-state index is 0.400. The Morgan fingerprint density at radius 3 is 1.53 bits per heavy atom. The molecule has 5 nitrogen and oxygen atoms in total. The van der Waals surface area contributed by atoms with Crippen molar-refractivity contribution in [3.63, 3.8) is 0 Å². The molecule has 2 heterocycles. The molecule has 5 heteroatoms. The highest BCUT2D eigenvalue weighted by atomic mass is 16.3. The molecule has 11 rings (SSSR count). The number of furan rings is 1. The molecule has 10 aromatic rings. The van der Waals surface area contributed by atoms with Crippen LogP contribution in [0.4, 0.5) is 17.1 Å². The quantitative estimate of drug-likeness (QED) is 0.158. The van der Waals surface area contributed by atoms with Gasteiger partial charge in [0.25, 0.3) is 0 Å². The summed E-state index contributed by atoms with van der Waals surface area (Å²) in [5, 5.41) is 5.67. The molecule has 1 aromatic heterocycles. The smallest absolute Gasteiger partial charge is 0.163 e. The molecule has 1 atom stereocenters. The van der Waals surface area contributed by atoms with Gasteiger partial charge in [-0.25, -0.2) is 9.98 Å². The van der Waals surface area contributed by atoms with Crippen molar-refractivity contribution in [2.45, 2.75) is 6.17 Å². The molecule has 62 heavy (non-hydrogen) atoms. The van der Waals surface area contributed by atoms with Crippen LogP contribution >= 0.6 is 0 Å². The number of anilines is 3. The summed E-state index contributed by atoms with van der Waals surface area (Å²) >= 11 is 0. The van der Waals surface area contributed by atoms with E-state index in [0.29, 0.717) is 5.84 Å². The summed E-state index contributed by atoms with van der Waals surface area (Å²) in [6.45, 7) is 0. The molecular weight excluding hydrogens is 757 g/mol. The molecule has 0 bridgehead atoms. The van der Waals surface area contributed by atoms with E-state index in [-0.39, 0.29) is 0 Å². The summed E-state index contributed by atoms with van der Waals surface area (Å²) in [6.07, 6.45) is -0.400. The van der Waals surface area contributed by atoms with Gasteiger partial charge in [-0.1, -0.05) is 182 Å². The van der Waals surface area contributed by atoms with E-state index in [1.54, 1.807) is 0 Å². The van der Waals surface area contributed by atoms with Gasteiger partial charge in [0.1, 0.15) is 23.2 Å². The topological polar surface area (TPSA) is 53.1 Å². The lowest BCUT2D eigenvalue weighted by atomic mass is 10.0. The van der Waals surface area contributed by atoms with Crippen molar-refractivity contribution in [3.8, 4) is 33.4 Å². The van der Waals surface area contributed by atoms with Crippen LogP contribution < -0.4 is 10.2 Å². The van der Waals surface area contributed by atoms with Crippen molar-refractivity contribution in [1.82, 2.24) is 5.32 Å². The molecule has 0 radical (unpaired) electrons. The second-order valence-corrected chi connectivity index (χ2v) is 15.4. The van der Waals surface area contributed by atoms with Crippen molar-refractivity contribution in [2.75, 3.05) is 4.90 Å². The van der Waals surface area contributed by atoms with Crippen molar-refractivity contribution < 1.29 is 4.42 Å². The van der Waals surface area contributed by atoms with E-state index in [9.17, 15) is 0 Å². The third kappa shape index (κ3) is 7.01. The minimum Gasteiger partial charge on any atom is -0.455 e. The van der Waals surface area contributed by atoms with Gasteiger partial charge in [0.15, 0.2) is 5.84 Å². The molecule has 0 amide bonds. The molecule has 1 N–H and O–H groups in total. The maximum absolute atomic E-state index is 6.91. The van der Waals surface area contributed by atoms with Crippen LogP contribution in [0, 0.1) is 0 Å². The second kappa shape index (κ2) is 16.1. The standard InChI is InChI=1S/C57H40N4O/c1-5-16-39(17-6-1)42-28-32-47(33-29-42)61(48-34-30-43(31-35-48)40-18-7-2-8-19-40)51-37-36-50(54-53(51)49-26-13-14-27-52(49)62-54)57-59-55(44-22-11-4-12-23-44)58-56(60-57)46-25-15-24-45(38-46)41-20-9-3-10-21-41/h1-38,56H,(H,58,59,60). The molecular formula is C57H40N4O. The lowest BCUT2D eigenvalue weighted by Gasteiger charge is -2.27. The van der Waals surface area contributed by atoms with Gasteiger partial charge < -0.3 is 14.6 Å². The minimum atomic E-state index is -0.400. The lowest BCUT2D eigenvalue weighted by molar-refractivity contribution is 0.663. The summed E-state index contributed by atoms with van der Waals surface area (Å²) in [4.78, 5) is 12.9. The number of nitrogens with zero attached hydrogens (tertiary/aromatic N) is 3. The highest BCUT2D eigenvalue weighted by molar-refractivity contribution is 6.22. The van der Waals surface area contributed by atoms with E-state index in [2.05, 4.69) is 204 Å². The monoisotopic (exact) mass is 796 g/mol. The summed E-state index contributed by atoms with van der Waals surface area (Å²) in [7, 11) is 0. The Morgan fingerprint density at radius 2 is 0.935 bits per heavy atom. The van der Waals surface area contributed by atoms with Gasteiger partial charge in [-0.05, 0) is 87.5 Å². The number of hydrogen-bond acceptors (Lipinski definition) is 5. The molecule has 0 saturated carbocycles. The van der Waals surface area contributed by atoms with Crippen LogP contribution in [0.1, 0.15) is 22.9 Å². The summed E-state index contributed by atoms with van der Waals surface area (Å²) in [5.41, 5.74) is 14.3. The molecule has 294 valence electrons. The average Bonchev–Trinajstić information content (AvgIpc) is 3.76. The van der Waals surface area contributed by atoms with E-state index in [4.69, 9.17) is 14.4 Å². The number of fused-ring (bicyclic) bond motifs is 3. The number of aliphatic imine (C=N–C) groups is 2. The van der Waals surface area contributed by atoms with Gasteiger partial charge in [-0.15, -0.1) is 0 Å². The van der Waals surface area contributed by atoms with Crippen molar-refractivity contribution in [2.24, 2.45) is 9.98 Å². The lowest BCUT2D eigenvalue weighted by Crippen LogP contribution is -2.33. The first-order chi connectivity index (χ1) is 30.7. The number of para-hydroxylation sites is 1. The van der Waals surface area contributed by atoms with Gasteiger partial charge >= 0.3 is 0 Å². The highest BCUT2D eigenvalue weighted by Crippen LogP contribution is 2.45. The Hall–Kier alpha value is -8.28. The highest BCUT2D eigenvalue weighted by Gasteiger charge is 2.27.